The number of nitrogen functional groups attached to an aromatic ring is 2. The molecule has 0 atom stereocenters. The molecule has 0 aliphatic carbocycles. The van der Waals surface area contributed by atoms with E-state index in [1.165, 1.54) is 5.56 Å². The van der Waals surface area contributed by atoms with Gasteiger partial charge in [0.2, 0.25) is 5.95 Å². The van der Waals surface area contributed by atoms with Crippen molar-refractivity contribution in [3.63, 3.8) is 0 Å². The Morgan fingerprint density at radius 2 is 1.61 bits per heavy atom. The molecule has 1 aromatic heterocycles. The molecule has 0 radical (unpaired) electrons. The Kier molecular flexibility index (Phi) is 4.38. The summed E-state index contributed by atoms with van der Waals surface area (Å²) >= 11 is 0. The molecular weight excluding hydrogens is 286 g/mol. The number of benzene rings is 2. The van der Waals surface area contributed by atoms with Crippen LogP contribution in [0.2, 0.25) is 0 Å². The topological polar surface area (TPSA) is 89.8 Å². The van der Waals surface area contributed by atoms with Gasteiger partial charge in [-0.05, 0) is 24.1 Å². The minimum atomic E-state index is 0.265. The van der Waals surface area contributed by atoms with Crippen molar-refractivity contribution in [2.45, 2.75) is 6.42 Å². The van der Waals surface area contributed by atoms with E-state index in [1.54, 1.807) is 0 Å². The fourth-order valence-corrected chi connectivity index (χ4v) is 2.33. The van der Waals surface area contributed by atoms with Crippen molar-refractivity contribution in [1.82, 2.24) is 9.97 Å². The van der Waals surface area contributed by atoms with E-state index in [2.05, 4.69) is 15.3 Å². The lowest BCUT2D eigenvalue weighted by Gasteiger charge is -2.09. The van der Waals surface area contributed by atoms with Crippen molar-refractivity contribution in [3.8, 4) is 11.3 Å². The number of hydrogen-bond acceptors (Lipinski definition) is 5. The largest absolute Gasteiger partial charge is 0.399 e. The molecule has 0 aliphatic heterocycles. The molecule has 0 amide bonds. The van der Waals surface area contributed by atoms with Crippen molar-refractivity contribution >= 4 is 17.5 Å². The monoisotopic (exact) mass is 305 g/mol. The number of anilines is 3. The number of nitrogens with one attached hydrogen (secondary N) is 1. The lowest BCUT2D eigenvalue weighted by molar-refractivity contribution is 1.00. The molecule has 1 heterocycles. The Labute approximate surface area is 135 Å². The van der Waals surface area contributed by atoms with E-state index < -0.39 is 0 Å². The third kappa shape index (κ3) is 3.97. The first-order valence-electron chi connectivity index (χ1n) is 7.49. The summed E-state index contributed by atoms with van der Waals surface area (Å²) < 4.78 is 0. The first-order chi connectivity index (χ1) is 11.2. The second-order valence-corrected chi connectivity index (χ2v) is 5.28. The van der Waals surface area contributed by atoms with Crippen molar-refractivity contribution < 1.29 is 0 Å². The van der Waals surface area contributed by atoms with Crippen LogP contribution in [-0.2, 0) is 6.42 Å². The van der Waals surface area contributed by atoms with Crippen LogP contribution < -0.4 is 16.8 Å². The molecule has 0 aliphatic rings. The van der Waals surface area contributed by atoms with E-state index in [1.807, 2.05) is 60.7 Å². The van der Waals surface area contributed by atoms with E-state index >= 15 is 0 Å². The minimum Gasteiger partial charge on any atom is -0.399 e. The number of nitrogens with two attached hydrogens (primary N) is 2. The van der Waals surface area contributed by atoms with Crippen LogP contribution in [0.25, 0.3) is 11.3 Å². The number of rotatable bonds is 5. The van der Waals surface area contributed by atoms with Crippen LogP contribution in [0.3, 0.4) is 0 Å². The summed E-state index contributed by atoms with van der Waals surface area (Å²) in [6.45, 7) is 0.759. The van der Waals surface area contributed by atoms with E-state index in [4.69, 9.17) is 11.5 Å². The molecule has 0 saturated carbocycles. The van der Waals surface area contributed by atoms with Crippen LogP contribution in [0.4, 0.5) is 17.5 Å². The molecular formula is C18H19N5. The zero-order valence-electron chi connectivity index (χ0n) is 12.7. The van der Waals surface area contributed by atoms with Gasteiger partial charge in [0.1, 0.15) is 5.82 Å². The van der Waals surface area contributed by atoms with Gasteiger partial charge < -0.3 is 16.8 Å². The highest BCUT2D eigenvalue weighted by molar-refractivity contribution is 5.63. The molecule has 2 aromatic carbocycles. The Bertz CT molecular complexity index is 769. The Morgan fingerprint density at radius 1 is 0.870 bits per heavy atom. The van der Waals surface area contributed by atoms with Gasteiger partial charge in [-0.3, -0.25) is 0 Å². The third-order valence-electron chi connectivity index (χ3n) is 3.51. The molecule has 23 heavy (non-hydrogen) atoms. The Balaban J connectivity index is 1.68. The molecule has 116 valence electrons. The van der Waals surface area contributed by atoms with Gasteiger partial charge in [-0.15, -0.1) is 0 Å². The van der Waals surface area contributed by atoms with Gasteiger partial charge in [0, 0.05) is 23.9 Å². The van der Waals surface area contributed by atoms with Crippen LogP contribution in [0.5, 0.6) is 0 Å². The lowest BCUT2D eigenvalue weighted by atomic mass is 10.1. The maximum Gasteiger partial charge on any atom is 0.222 e. The normalized spacial score (nSPS) is 10.4. The molecule has 5 heteroatoms. The molecule has 5 nitrogen and oxygen atoms in total. The average Bonchev–Trinajstić information content (AvgIpc) is 2.57. The molecule has 0 saturated heterocycles. The van der Waals surface area contributed by atoms with Gasteiger partial charge >= 0.3 is 0 Å². The maximum absolute atomic E-state index is 5.82. The summed E-state index contributed by atoms with van der Waals surface area (Å²) in [5.41, 5.74) is 15.3. The van der Waals surface area contributed by atoms with Crippen LogP contribution >= 0.6 is 0 Å². The number of aromatic nitrogens is 2. The molecule has 5 N–H and O–H groups in total. The zero-order chi connectivity index (χ0) is 16.1. The number of nitrogens with zero attached hydrogens (tertiary/aromatic N) is 2. The van der Waals surface area contributed by atoms with Crippen LogP contribution in [-0.4, -0.2) is 16.5 Å². The van der Waals surface area contributed by atoms with Gasteiger partial charge in [0.05, 0.1) is 5.69 Å². The predicted octanol–water partition coefficient (Wildman–Crippen LogP) is 2.96. The van der Waals surface area contributed by atoms with Crippen molar-refractivity contribution in [2.24, 2.45) is 0 Å². The van der Waals surface area contributed by atoms with Gasteiger partial charge in [0.15, 0.2) is 0 Å². The van der Waals surface area contributed by atoms with Crippen molar-refractivity contribution in [2.75, 3.05) is 23.3 Å². The first-order valence-corrected chi connectivity index (χ1v) is 7.49. The summed E-state index contributed by atoms with van der Waals surface area (Å²) in [5.74, 6) is 0.994. The van der Waals surface area contributed by atoms with Crippen LogP contribution in [0, 0.1) is 0 Å². The highest BCUT2D eigenvalue weighted by Gasteiger charge is 2.04. The summed E-state index contributed by atoms with van der Waals surface area (Å²) in [5, 5.41) is 3.30. The van der Waals surface area contributed by atoms with E-state index in [9.17, 15) is 0 Å². The van der Waals surface area contributed by atoms with Gasteiger partial charge in [-0.1, -0.05) is 42.5 Å². The second-order valence-electron chi connectivity index (χ2n) is 5.28. The lowest BCUT2D eigenvalue weighted by Crippen LogP contribution is -2.08. The highest BCUT2D eigenvalue weighted by Crippen LogP contribution is 2.20. The first kappa shape index (κ1) is 14.8. The fourth-order valence-electron chi connectivity index (χ4n) is 2.33. The molecule has 0 unspecified atom stereocenters. The number of hydrogen-bond donors (Lipinski definition) is 3. The SMILES string of the molecule is Nc1ccc(CCNc2cc(-c3ccccc3)nc(N)n2)cc1. The third-order valence-corrected chi connectivity index (χ3v) is 3.51. The van der Waals surface area contributed by atoms with E-state index in [-0.39, 0.29) is 5.95 Å². The molecule has 3 aromatic rings. The molecule has 0 fully saturated rings. The molecule has 3 rings (SSSR count). The van der Waals surface area contributed by atoms with Crippen molar-refractivity contribution in [1.29, 1.82) is 0 Å². The van der Waals surface area contributed by atoms with Gasteiger partial charge in [-0.25, -0.2) is 4.98 Å². The maximum atomic E-state index is 5.82. The smallest absolute Gasteiger partial charge is 0.222 e. The Hall–Kier alpha value is -3.08. The standard InChI is InChI=1S/C18H19N5/c19-15-8-6-13(7-9-15)10-11-21-17-12-16(22-18(20)23-17)14-4-2-1-3-5-14/h1-9,12H,10-11,19H2,(H3,20,21,22,23). The Morgan fingerprint density at radius 3 is 2.35 bits per heavy atom. The van der Waals surface area contributed by atoms with Crippen LogP contribution in [0.1, 0.15) is 5.56 Å². The summed E-state index contributed by atoms with van der Waals surface area (Å²) in [7, 11) is 0. The minimum absolute atomic E-state index is 0.265. The summed E-state index contributed by atoms with van der Waals surface area (Å²) in [6, 6.07) is 19.7. The average molecular weight is 305 g/mol. The molecule has 0 spiro atoms. The summed E-state index contributed by atoms with van der Waals surface area (Å²) in [6.07, 6.45) is 0.880. The van der Waals surface area contributed by atoms with Gasteiger partial charge in [-0.2, -0.15) is 4.98 Å². The zero-order valence-corrected chi connectivity index (χ0v) is 12.7. The van der Waals surface area contributed by atoms with Crippen molar-refractivity contribution in [3.05, 3.63) is 66.2 Å². The summed E-state index contributed by atoms with van der Waals surface area (Å²) in [4.78, 5) is 8.53. The quantitative estimate of drug-likeness (QED) is 0.631. The van der Waals surface area contributed by atoms with E-state index in [0.29, 0.717) is 0 Å². The highest BCUT2D eigenvalue weighted by atomic mass is 15.1. The second kappa shape index (κ2) is 6.79. The predicted molar refractivity (Wildman–Crippen MR) is 94.9 cm³/mol. The fraction of sp³-hybridized carbons (Fsp3) is 0.111. The van der Waals surface area contributed by atoms with Gasteiger partial charge in [0.25, 0.3) is 0 Å². The van der Waals surface area contributed by atoms with E-state index in [0.717, 1.165) is 35.7 Å². The molecule has 0 bridgehead atoms. The van der Waals surface area contributed by atoms with Crippen LogP contribution in [0.15, 0.2) is 60.7 Å².